The molecule has 2 aliphatic heterocycles. The van der Waals surface area contributed by atoms with Crippen molar-refractivity contribution in [1.29, 1.82) is 0 Å². The highest BCUT2D eigenvalue weighted by Crippen LogP contribution is 2.31. The number of carbonyl (C=O) groups is 1. The summed E-state index contributed by atoms with van der Waals surface area (Å²) in [6.07, 6.45) is 2.58. The Balaban J connectivity index is 1.33. The Morgan fingerprint density at radius 3 is 2.79 bits per heavy atom. The summed E-state index contributed by atoms with van der Waals surface area (Å²) in [6.45, 7) is 3.89. The van der Waals surface area contributed by atoms with Crippen LogP contribution >= 0.6 is 11.6 Å². The quantitative estimate of drug-likeness (QED) is 0.559. The van der Waals surface area contributed by atoms with Crippen LogP contribution in [0, 0.1) is 6.92 Å². The van der Waals surface area contributed by atoms with Gasteiger partial charge < -0.3 is 24.7 Å². The predicted molar refractivity (Wildman–Crippen MR) is 130 cm³/mol. The molecule has 172 valence electrons. The average molecular weight is 468 g/mol. The van der Waals surface area contributed by atoms with E-state index in [0.717, 1.165) is 53.9 Å². The fourth-order valence-electron chi connectivity index (χ4n) is 4.51. The molecule has 0 radical (unpaired) electrons. The molecule has 1 atom stereocenters. The Morgan fingerprint density at radius 2 is 2.00 bits per heavy atom. The molecule has 1 fully saturated rings. The van der Waals surface area contributed by atoms with Gasteiger partial charge in [-0.1, -0.05) is 11.6 Å². The minimum Gasteiger partial charge on any atom is -0.490 e. The maximum atomic E-state index is 12.8. The molecule has 7 nitrogen and oxygen atoms in total. The molecule has 8 heteroatoms. The summed E-state index contributed by atoms with van der Waals surface area (Å²) in [7, 11) is 2.11. The summed E-state index contributed by atoms with van der Waals surface area (Å²) >= 11 is 6.05. The predicted octanol–water partition coefficient (Wildman–Crippen LogP) is 4.20. The van der Waals surface area contributed by atoms with Crippen LogP contribution < -0.4 is 21.0 Å². The maximum absolute atomic E-state index is 12.8. The first kappa shape index (κ1) is 21.8. The SMILES string of the molecule is Cc1c(OC2CCN(C)CC2)ccc2cc(NC(=O)C3Cc4cc(Cl)ccc4N3)c(=O)oc12. The molecule has 1 aromatic heterocycles. The lowest BCUT2D eigenvalue weighted by Gasteiger charge is -2.29. The van der Waals surface area contributed by atoms with Gasteiger partial charge in [0.15, 0.2) is 0 Å². The van der Waals surface area contributed by atoms with E-state index in [9.17, 15) is 9.59 Å². The van der Waals surface area contributed by atoms with E-state index in [0.29, 0.717) is 17.0 Å². The lowest BCUT2D eigenvalue weighted by molar-refractivity contribution is -0.116. The van der Waals surface area contributed by atoms with E-state index >= 15 is 0 Å². The van der Waals surface area contributed by atoms with Crippen LogP contribution in [0.5, 0.6) is 5.75 Å². The summed E-state index contributed by atoms with van der Waals surface area (Å²) in [6, 6.07) is 10.4. The second kappa shape index (κ2) is 8.72. The highest BCUT2D eigenvalue weighted by Gasteiger charge is 2.28. The molecule has 0 bridgehead atoms. The summed E-state index contributed by atoms with van der Waals surface area (Å²) < 4.78 is 11.8. The summed E-state index contributed by atoms with van der Waals surface area (Å²) in [4.78, 5) is 27.8. The standard InChI is InChI=1S/C25H26ClN3O4/c1-14-22(32-18-7-9-29(2)10-8-18)6-3-15-12-21(25(31)33-23(14)15)28-24(30)20-13-16-11-17(26)4-5-19(16)27-20/h3-6,11-12,18,20,27H,7-10,13H2,1-2H3,(H,28,30). The van der Waals surface area contributed by atoms with Gasteiger partial charge in [0, 0.05) is 41.2 Å². The maximum Gasteiger partial charge on any atom is 0.360 e. The zero-order valence-electron chi connectivity index (χ0n) is 18.6. The first-order chi connectivity index (χ1) is 15.9. The third-order valence-electron chi connectivity index (χ3n) is 6.46. The second-order valence-corrected chi connectivity index (χ2v) is 9.30. The summed E-state index contributed by atoms with van der Waals surface area (Å²) in [5.74, 6) is 0.427. The van der Waals surface area contributed by atoms with Gasteiger partial charge in [-0.15, -0.1) is 0 Å². The number of rotatable bonds is 4. The van der Waals surface area contributed by atoms with Gasteiger partial charge in [-0.3, -0.25) is 4.79 Å². The van der Waals surface area contributed by atoms with Crippen LogP contribution in [0.3, 0.4) is 0 Å². The van der Waals surface area contributed by atoms with Crippen molar-refractivity contribution in [3.05, 3.63) is 63.0 Å². The number of hydrogen-bond acceptors (Lipinski definition) is 6. The number of benzene rings is 2. The van der Waals surface area contributed by atoms with Crippen LogP contribution in [0.1, 0.15) is 24.0 Å². The zero-order valence-corrected chi connectivity index (χ0v) is 19.4. The Labute approximate surface area is 196 Å². The second-order valence-electron chi connectivity index (χ2n) is 8.87. The largest absolute Gasteiger partial charge is 0.490 e. The number of anilines is 2. The van der Waals surface area contributed by atoms with Crippen molar-refractivity contribution in [2.75, 3.05) is 30.8 Å². The van der Waals surface area contributed by atoms with E-state index < -0.39 is 11.7 Å². The van der Waals surface area contributed by atoms with Gasteiger partial charge in [0.05, 0.1) is 0 Å². The Hall–Kier alpha value is -3.03. The van der Waals surface area contributed by atoms with E-state index in [1.54, 1.807) is 12.1 Å². The molecule has 1 saturated heterocycles. The van der Waals surface area contributed by atoms with Crippen LogP contribution in [0.2, 0.25) is 5.02 Å². The molecule has 0 saturated carbocycles. The fourth-order valence-corrected chi connectivity index (χ4v) is 4.71. The zero-order chi connectivity index (χ0) is 23.1. The van der Waals surface area contributed by atoms with Gasteiger partial charge >= 0.3 is 5.63 Å². The molecule has 0 spiro atoms. The smallest absolute Gasteiger partial charge is 0.360 e. The third kappa shape index (κ3) is 4.43. The average Bonchev–Trinajstić information content (AvgIpc) is 3.22. The highest BCUT2D eigenvalue weighted by molar-refractivity contribution is 6.30. The molecule has 3 heterocycles. The number of amides is 1. The first-order valence-electron chi connectivity index (χ1n) is 11.2. The third-order valence-corrected chi connectivity index (χ3v) is 6.69. The number of halogens is 1. The van der Waals surface area contributed by atoms with Crippen molar-refractivity contribution < 1.29 is 13.9 Å². The monoisotopic (exact) mass is 467 g/mol. The minimum absolute atomic E-state index is 0.117. The fraction of sp³-hybridized carbons (Fsp3) is 0.360. The molecule has 5 rings (SSSR count). The van der Waals surface area contributed by atoms with Crippen LogP contribution in [-0.2, 0) is 11.2 Å². The van der Waals surface area contributed by atoms with Crippen molar-refractivity contribution in [3.8, 4) is 5.75 Å². The number of carbonyl (C=O) groups excluding carboxylic acids is 1. The van der Waals surface area contributed by atoms with Crippen LogP contribution in [-0.4, -0.2) is 43.1 Å². The molecule has 2 aromatic carbocycles. The topological polar surface area (TPSA) is 83.8 Å². The Bertz CT molecular complexity index is 1280. The molecule has 33 heavy (non-hydrogen) atoms. The van der Waals surface area contributed by atoms with E-state index in [4.69, 9.17) is 20.8 Å². The van der Waals surface area contributed by atoms with Gasteiger partial charge in [0.25, 0.3) is 0 Å². The lowest BCUT2D eigenvalue weighted by Crippen LogP contribution is -2.35. The normalized spacial score (nSPS) is 18.7. The molecule has 3 aromatic rings. The molecule has 2 aliphatic rings. The molecular weight excluding hydrogens is 442 g/mol. The van der Waals surface area contributed by atoms with Crippen molar-refractivity contribution in [2.45, 2.75) is 38.3 Å². The number of aryl methyl sites for hydroxylation is 1. The number of hydrogen-bond donors (Lipinski definition) is 2. The van der Waals surface area contributed by atoms with Crippen molar-refractivity contribution in [3.63, 3.8) is 0 Å². The molecule has 1 unspecified atom stereocenters. The van der Waals surface area contributed by atoms with Crippen molar-refractivity contribution in [2.24, 2.45) is 0 Å². The summed E-state index contributed by atoms with van der Waals surface area (Å²) in [5.41, 5.74) is 2.63. The van der Waals surface area contributed by atoms with Gasteiger partial charge in [0.1, 0.15) is 29.2 Å². The number of piperidine rings is 1. The molecule has 1 amide bonds. The molecule has 2 N–H and O–H groups in total. The molecular formula is C25H26ClN3O4. The van der Waals surface area contributed by atoms with E-state index in [1.807, 2.05) is 31.2 Å². The van der Waals surface area contributed by atoms with Gasteiger partial charge in [-0.25, -0.2) is 4.79 Å². The summed E-state index contributed by atoms with van der Waals surface area (Å²) in [5, 5.41) is 7.25. The van der Waals surface area contributed by atoms with Crippen LogP contribution in [0.4, 0.5) is 11.4 Å². The van der Waals surface area contributed by atoms with E-state index in [-0.39, 0.29) is 17.7 Å². The van der Waals surface area contributed by atoms with Crippen LogP contribution in [0.15, 0.2) is 45.6 Å². The molecule has 0 aliphatic carbocycles. The number of nitrogens with one attached hydrogen (secondary N) is 2. The number of likely N-dealkylation sites (tertiary alicyclic amines) is 1. The van der Waals surface area contributed by atoms with Crippen molar-refractivity contribution in [1.82, 2.24) is 4.90 Å². The van der Waals surface area contributed by atoms with E-state index in [1.165, 1.54) is 0 Å². The Morgan fingerprint density at radius 1 is 1.21 bits per heavy atom. The lowest BCUT2D eigenvalue weighted by atomic mass is 10.1. The first-order valence-corrected chi connectivity index (χ1v) is 11.5. The number of nitrogens with zero attached hydrogens (tertiary/aromatic N) is 1. The van der Waals surface area contributed by atoms with Crippen LogP contribution in [0.25, 0.3) is 11.0 Å². The number of ether oxygens (including phenoxy) is 1. The number of fused-ring (bicyclic) bond motifs is 2. The Kier molecular flexibility index (Phi) is 5.76. The van der Waals surface area contributed by atoms with Crippen molar-refractivity contribution >= 4 is 39.9 Å². The van der Waals surface area contributed by atoms with Gasteiger partial charge in [-0.2, -0.15) is 0 Å². The van der Waals surface area contributed by atoms with Gasteiger partial charge in [-0.05, 0) is 68.8 Å². The van der Waals surface area contributed by atoms with E-state index in [2.05, 4.69) is 22.6 Å². The van der Waals surface area contributed by atoms with Gasteiger partial charge in [0.2, 0.25) is 5.91 Å². The minimum atomic E-state index is -0.589. The highest BCUT2D eigenvalue weighted by atomic mass is 35.5.